The van der Waals surface area contributed by atoms with E-state index in [0.717, 1.165) is 57.3 Å². The molecule has 6 rings (SSSR count). The normalized spacial score (nSPS) is 27.7. The van der Waals surface area contributed by atoms with Gasteiger partial charge in [0.05, 0.1) is 30.8 Å². The molecule has 2 aromatic rings. The van der Waals surface area contributed by atoms with Gasteiger partial charge in [-0.15, -0.1) is 0 Å². The summed E-state index contributed by atoms with van der Waals surface area (Å²) < 4.78 is 11.8. The maximum atomic E-state index is 6.23. The fourth-order valence-corrected chi connectivity index (χ4v) is 4.94. The Balaban J connectivity index is 1.37. The van der Waals surface area contributed by atoms with Gasteiger partial charge >= 0.3 is 0 Å². The number of nitrogens with one attached hydrogen (secondary N) is 2. The summed E-state index contributed by atoms with van der Waals surface area (Å²) in [5.74, 6) is 2.83. The Labute approximate surface area is 171 Å². The van der Waals surface area contributed by atoms with Crippen molar-refractivity contribution in [1.29, 1.82) is 0 Å². The van der Waals surface area contributed by atoms with Crippen LogP contribution >= 0.6 is 0 Å². The monoisotopic (exact) mass is 392 g/mol. The molecule has 1 saturated carbocycles. The van der Waals surface area contributed by atoms with E-state index in [4.69, 9.17) is 14.5 Å². The standard InChI is InChI=1S/C23H28N4O2/c1-2-4-21-16(3-1)22(20(14-29-21)27-9-11-28-12-10-27)26-23-17-13-19(15-5-6-15)25-18(17)7-8-24-23/h1,3,7-8,13,15,20,22,25H,2,4-6,9-12,14H2,(H,24,26)/t20-,22-/m0/s1. The third-order valence-electron chi connectivity index (χ3n) is 6.70. The number of nitrogens with zero attached hydrogens (tertiary/aromatic N) is 2. The highest BCUT2D eigenvalue weighted by Crippen LogP contribution is 2.41. The number of H-pyrrole nitrogens is 1. The zero-order valence-corrected chi connectivity index (χ0v) is 16.7. The van der Waals surface area contributed by atoms with Crippen molar-refractivity contribution in [1.82, 2.24) is 14.9 Å². The molecule has 0 spiro atoms. The molecule has 2 aliphatic carbocycles. The summed E-state index contributed by atoms with van der Waals surface area (Å²) >= 11 is 0. The molecule has 1 saturated heterocycles. The molecule has 29 heavy (non-hydrogen) atoms. The minimum atomic E-state index is 0.172. The highest BCUT2D eigenvalue weighted by molar-refractivity contribution is 5.90. The van der Waals surface area contributed by atoms with Crippen molar-refractivity contribution >= 4 is 16.7 Å². The van der Waals surface area contributed by atoms with E-state index in [1.54, 1.807) is 0 Å². The van der Waals surface area contributed by atoms with E-state index in [1.807, 2.05) is 6.20 Å². The van der Waals surface area contributed by atoms with Gasteiger partial charge in [0.1, 0.15) is 18.2 Å². The predicted octanol–water partition coefficient (Wildman–Crippen LogP) is 3.56. The lowest BCUT2D eigenvalue weighted by Crippen LogP contribution is -2.56. The van der Waals surface area contributed by atoms with E-state index in [1.165, 1.54) is 35.0 Å². The van der Waals surface area contributed by atoms with Gasteiger partial charge < -0.3 is 19.8 Å². The minimum Gasteiger partial charge on any atom is -0.496 e. The maximum Gasteiger partial charge on any atom is 0.135 e. The SMILES string of the molecule is C1=CC2=C(CC1)OC[C@H](N1CCOCC1)[C@H]2Nc1nccc2[nH]c(C3CC3)cc12. The molecule has 2 aromatic heterocycles. The Morgan fingerprint density at radius 2 is 2.10 bits per heavy atom. The zero-order valence-electron chi connectivity index (χ0n) is 16.7. The highest BCUT2D eigenvalue weighted by Gasteiger charge is 2.37. The molecular formula is C23H28N4O2. The van der Waals surface area contributed by atoms with E-state index in [9.17, 15) is 0 Å². The fourth-order valence-electron chi connectivity index (χ4n) is 4.94. The number of pyridine rings is 1. The molecule has 2 fully saturated rings. The number of fused-ring (bicyclic) bond motifs is 1. The third-order valence-corrected chi connectivity index (χ3v) is 6.70. The van der Waals surface area contributed by atoms with E-state index in [0.29, 0.717) is 5.92 Å². The molecule has 6 heteroatoms. The highest BCUT2D eigenvalue weighted by atomic mass is 16.5. The summed E-state index contributed by atoms with van der Waals surface area (Å²) in [6.07, 6.45) is 11.1. The molecule has 152 valence electrons. The second-order valence-corrected chi connectivity index (χ2v) is 8.59. The average Bonchev–Trinajstić information content (AvgIpc) is 3.53. The van der Waals surface area contributed by atoms with Gasteiger partial charge in [0, 0.05) is 42.4 Å². The molecule has 0 aromatic carbocycles. The van der Waals surface area contributed by atoms with Crippen molar-refractivity contribution in [3.05, 3.63) is 47.5 Å². The topological polar surface area (TPSA) is 62.4 Å². The molecule has 0 bridgehead atoms. The van der Waals surface area contributed by atoms with Gasteiger partial charge in [-0.3, -0.25) is 4.90 Å². The molecule has 4 aliphatic rings. The average molecular weight is 393 g/mol. The summed E-state index contributed by atoms with van der Waals surface area (Å²) in [6.45, 7) is 4.21. The van der Waals surface area contributed by atoms with E-state index in [2.05, 4.69) is 39.5 Å². The van der Waals surface area contributed by atoms with Crippen molar-refractivity contribution in [2.24, 2.45) is 0 Å². The molecule has 0 radical (unpaired) electrons. The predicted molar refractivity (Wildman–Crippen MR) is 113 cm³/mol. The van der Waals surface area contributed by atoms with Crippen LogP contribution in [0.15, 0.2) is 41.8 Å². The summed E-state index contributed by atoms with van der Waals surface area (Å²) in [6, 6.07) is 4.84. The first kappa shape index (κ1) is 17.5. The number of aromatic amines is 1. The van der Waals surface area contributed by atoms with Crippen LogP contribution in [-0.2, 0) is 9.47 Å². The molecular weight excluding hydrogens is 364 g/mol. The van der Waals surface area contributed by atoms with Crippen LogP contribution in [0.2, 0.25) is 0 Å². The maximum absolute atomic E-state index is 6.23. The van der Waals surface area contributed by atoms with Crippen LogP contribution in [-0.4, -0.2) is 59.9 Å². The van der Waals surface area contributed by atoms with Gasteiger partial charge in [0.25, 0.3) is 0 Å². The molecule has 4 heterocycles. The van der Waals surface area contributed by atoms with Crippen LogP contribution in [0.1, 0.15) is 37.3 Å². The third kappa shape index (κ3) is 3.24. The Hall–Kier alpha value is -2.31. The van der Waals surface area contributed by atoms with Crippen molar-refractivity contribution < 1.29 is 9.47 Å². The van der Waals surface area contributed by atoms with Gasteiger partial charge in [-0.05, 0) is 37.3 Å². The first-order valence-corrected chi connectivity index (χ1v) is 10.9. The first-order valence-electron chi connectivity index (χ1n) is 10.9. The van der Waals surface area contributed by atoms with Gasteiger partial charge in [0.15, 0.2) is 0 Å². The van der Waals surface area contributed by atoms with Crippen molar-refractivity contribution in [3.63, 3.8) is 0 Å². The van der Waals surface area contributed by atoms with Crippen molar-refractivity contribution in [2.75, 3.05) is 38.2 Å². The Bertz CT molecular complexity index is 968. The number of allylic oxidation sites excluding steroid dienone is 2. The number of morpholine rings is 1. The second-order valence-electron chi connectivity index (χ2n) is 8.59. The van der Waals surface area contributed by atoms with E-state index in [-0.39, 0.29) is 12.1 Å². The summed E-state index contributed by atoms with van der Waals surface area (Å²) in [5, 5.41) is 5.04. The van der Waals surface area contributed by atoms with Crippen LogP contribution < -0.4 is 5.32 Å². The zero-order chi connectivity index (χ0) is 19.2. The lowest BCUT2D eigenvalue weighted by Gasteiger charge is -2.43. The first-order chi connectivity index (χ1) is 14.4. The Morgan fingerprint density at radius 3 is 2.97 bits per heavy atom. The number of hydrogen-bond acceptors (Lipinski definition) is 5. The van der Waals surface area contributed by atoms with Crippen LogP contribution in [0.5, 0.6) is 0 Å². The largest absolute Gasteiger partial charge is 0.496 e. The van der Waals surface area contributed by atoms with Gasteiger partial charge in [-0.2, -0.15) is 0 Å². The van der Waals surface area contributed by atoms with Crippen molar-refractivity contribution in [2.45, 2.75) is 43.7 Å². The Kier molecular flexibility index (Phi) is 4.35. The second kappa shape index (κ2) is 7.18. The number of anilines is 1. The number of ether oxygens (including phenoxy) is 2. The molecule has 0 amide bonds. The summed E-state index contributed by atoms with van der Waals surface area (Å²) in [7, 11) is 0. The lowest BCUT2D eigenvalue weighted by molar-refractivity contribution is -0.0107. The van der Waals surface area contributed by atoms with E-state index >= 15 is 0 Å². The van der Waals surface area contributed by atoms with Crippen LogP contribution in [0.25, 0.3) is 10.9 Å². The molecule has 2 atom stereocenters. The van der Waals surface area contributed by atoms with Gasteiger partial charge in [0.2, 0.25) is 0 Å². The molecule has 0 unspecified atom stereocenters. The van der Waals surface area contributed by atoms with Gasteiger partial charge in [-0.25, -0.2) is 4.98 Å². The summed E-state index contributed by atoms with van der Waals surface area (Å²) in [5.41, 5.74) is 3.81. The molecule has 2 N–H and O–H groups in total. The molecule has 2 aliphatic heterocycles. The number of aromatic nitrogens is 2. The number of rotatable bonds is 4. The quantitative estimate of drug-likeness (QED) is 0.833. The van der Waals surface area contributed by atoms with Crippen LogP contribution in [0, 0.1) is 0 Å². The lowest BCUT2D eigenvalue weighted by atomic mass is 9.90. The Morgan fingerprint density at radius 1 is 1.21 bits per heavy atom. The number of hydrogen-bond donors (Lipinski definition) is 2. The minimum absolute atomic E-state index is 0.172. The van der Waals surface area contributed by atoms with Crippen LogP contribution in [0.3, 0.4) is 0 Å². The van der Waals surface area contributed by atoms with Crippen LogP contribution in [0.4, 0.5) is 5.82 Å². The van der Waals surface area contributed by atoms with Crippen molar-refractivity contribution in [3.8, 4) is 0 Å². The smallest absolute Gasteiger partial charge is 0.135 e. The van der Waals surface area contributed by atoms with E-state index < -0.39 is 0 Å². The fraction of sp³-hybridized carbons (Fsp3) is 0.522. The summed E-state index contributed by atoms with van der Waals surface area (Å²) in [4.78, 5) is 10.9. The molecule has 6 nitrogen and oxygen atoms in total. The van der Waals surface area contributed by atoms with Gasteiger partial charge in [-0.1, -0.05) is 12.2 Å².